The van der Waals surface area contributed by atoms with E-state index in [1.165, 1.54) is 12.1 Å². The van der Waals surface area contributed by atoms with Crippen molar-refractivity contribution in [3.05, 3.63) is 47.4 Å². The van der Waals surface area contributed by atoms with Gasteiger partial charge >= 0.3 is 5.97 Å². The fourth-order valence-electron chi connectivity index (χ4n) is 1.20. The molecule has 0 unspecified atom stereocenters. The van der Waals surface area contributed by atoms with Gasteiger partial charge in [0.25, 0.3) is 0 Å². The monoisotopic (exact) mass is 255 g/mol. The van der Waals surface area contributed by atoms with Crippen LogP contribution in [0.1, 0.15) is 16.2 Å². The van der Waals surface area contributed by atoms with Crippen LogP contribution < -0.4 is 4.74 Å². The van der Waals surface area contributed by atoms with Gasteiger partial charge < -0.3 is 14.4 Å². The summed E-state index contributed by atoms with van der Waals surface area (Å²) >= 11 is 0. The van der Waals surface area contributed by atoms with Crippen molar-refractivity contribution in [1.29, 1.82) is 0 Å². The topological polar surface area (TPSA) is 72.6 Å². The van der Waals surface area contributed by atoms with Gasteiger partial charge in [-0.3, -0.25) is 0 Å². The first-order valence-electron chi connectivity index (χ1n) is 4.83. The predicted octanol–water partition coefficient (Wildman–Crippen LogP) is 2.23. The van der Waals surface area contributed by atoms with Crippen LogP contribution in [0.25, 0.3) is 0 Å². The Bertz CT molecular complexity index is 582. The number of aromatic carboxylic acids is 1. The molecule has 0 bridgehead atoms. The summed E-state index contributed by atoms with van der Waals surface area (Å²) in [6, 6.07) is 4.23. The fourth-order valence-corrected chi connectivity index (χ4v) is 1.20. The third-order valence-corrected chi connectivity index (χ3v) is 2.05. The summed E-state index contributed by atoms with van der Waals surface area (Å²) in [5.41, 5.74) is -0.251. The van der Waals surface area contributed by atoms with Gasteiger partial charge in [0.05, 0.1) is 0 Å². The summed E-state index contributed by atoms with van der Waals surface area (Å²) in [6.07, 6.45) is 0. The molecule has 7 heteroatoms. The van der Waals surface area contributed by atoms with Crippen molar-refractivity contribution >= 4 is 5.97 Å². The Hall–Kier alpha value is -2.44. The van der Waals surface area contributed by atoms with Crippen LogP contribution in [0.5, 0.6) is 5.75 Å². The van der Waals surface area contributed by atoms with E-state index in [9.17, 15) is 13.6 Å². The number of aromatic nitrogens is 1. The summed E-state index contributed by atoms with van der Waals surface area (Å²) in [7, 11) is 0. The molecule has 1 heterocycles. The minimum Gasteiger partial charge on any atom is -0.485 e. The van der Waals surface area contributed by atoms with Gasteiger partial charge in [-0.1, -0.05) is 5.16 Å². The predicted molar refractivity (Wildman–Crippen MR) is 54.2 cm³/mol. The second-order valence-corrected chi connectivity index (χ2v) is 3.35. The van der Waals surface area contributed by atoms with Gasteiger partial charge in [-0.05, 0) is 12.1 Å². The van der Waals surface area contributed by atoms with Gasteiger partial charge in [0.15, 0.2) is 23.1 Å². The van der Waals surface area contributed by atoms with Crippen molar-refractivity contribution in [3.63, 3.8) is 0 Å². The average molecular weight is 255 g/mol. The average Bonchev–Trinajstić information content (AvgIpc) is 2.79. The molecule has 0 atom stereocenters. The number of carbonyl (C=O) groups is 1. The number of carboxylic acids is 1. The number of carboxylic acid groups (broad SMARTS) is 1. The molecule has 0 saturated carbocycles. The van der Waals surface area contributed by atoms with E-state index in [-0.39, 0.29) is 23.8 Å². The summed E-state index contributed by atoms with van der Waals surface area (Å²) in [6.45, 7) is -0.134. The van der Waals surface area contributed by atoms with Crippen molar-refractivity contribution in [2.24, 2.45) is 0 Å². The van der Waals surface area contributed by atoms with Crippen LogP contribution in [0.15, 0.2) is 28.8 Å². The van der Waals surface area contributed by atoms with Crippen LogP contribution in [0.3, 0.4) is 0 Å². The highest BCUT2D eigenvalue weighted by atomic mass is 19.2. The first-order chi connectivity index (χ1) is 8.56. The van der Waals surface area contributed by atoms with Crippen molar-refractivity contribution in [3.8, 4) is 5.75 Å². The summed E-state index contributed by atoms with van der Waals surface area (Å²) in [5, 5.41) is 11.9. The molecular weight excluding hydrogens is 248 g/mol. The molecule has 0 amide bonds. The largest absolute Gasteiger partial charge is 0.485 e. The quantitative estimate of drug-likeness (QED) is 0.906. The molecule has 94 valence electrons. The minimum absolute atomic E-state index is 0.0992. The van der Waals surface area contributed by atoms with Crippen molar-refractivity contribution in [2.75, 3.05) is 0 Å². The molecule has 5 nitrogen and oxygen atoms in total. The Balaban J connectivity index is 2.02. The normalized spacial score (nSPS) is 10.3. The Morgan fingerprint density at radius 1 is 1.33 bits per heavy atom. The second kappa shape index (κ2) is 4.82. The van der Waals surface area contributed by atoms with Crippen molar-refractivity contribution in [2.45, 2.75) is 6.61 Å². The molecule has 1 N–H and O–H groups in total. The van der Waals surface area contributed by atoms with Crippen LogP contribution in [0.4, 0.5) is 8.78 Å². The number of hydrogen-bond acceptors (Lipinski definition) is 4. The lowest BCUT2D eigenvalue weighted by Crippen LogP contribution is -1.96. The maximum absolute atomic E-state index is 12.8. The molecular formula is C11H7F2NO4. The summed E-state index contributed by atoms with van der Waals surface area (Å²) < 4.78 is 35.2. The maximum Gasteiger partial charge on any atom is 0.358 e. The third-order valence-electron chi connectivity index (χ3n) is 2.05. The second-order valence-electron chi connectivity index (χ2n) is 3.35. The van der Waals surface area contributed by atoms with Crippen LogP contribution in [0, 0.1) is 11.6 Å². The molecule has 1 aromatic carbocycles. The highest BCUT2D eigenvalue weighted by molar-refractivity contribution is 5.85. The van der Waals surface area contributed by atoms with Crippen LogP contribution in [-0.2, 0) is 6.61 Å². The van der Waals surface area contributed by atoms with Crippen molar-refractivity contribution in [1.82, 2.24) is 5.16 Å². The van der Waals surface area contributed by atoms with Gasteiger partial charge in [0.2, 0.25) is 0 Å². The first-order valence-corrected chi connectivity index (χ1v) is 4.83. The summed E-state index contributed by atoms with van der Waals surface area (Å²) in [4.78, 5) is 10.5. The van der Waals surface area contributed by atoms with E-state index in [1.54, 1.807) is 0 Å². The Labute approximate surface area is 99.6 Å². The number of ether oxygens (including phenoxy) is 1. The molecule has 0 saturated heterocycles. The van der Waals surface area contributed by atoms with Crippen LogP contribution in [0.2, 0.25) is 0 Å². The SMILES string of the molecule is O=C(O)c1cc(COc2ccc(F)c(F)c2)on1. The van der Waals surface area contributed by atoms with Gasteiger partial charge in [-0.15, -0.1) is 0 Å². The minimum atomic E-state index is -1.22. The standard InChI is InChI=1S/C11H7F2NO4/c12-8-2-1-6(3-9(8)13)17-5-7-4-10(11(15)16)14-18-7/h1-4H,5H2,(H,15,16). The van der Waals surface area contributed by atoms with E-state index in [0.717, 1.165) is 12.1 Å². The number of hydrogen-bond donors (Lipinski definition) is 1. The van der Waals surface area contributed by atoms with Gasteiger partial charge in [-0.2, -0.15) is 0 Å². The van der Waals surface area contributed by atoms with Gasteiger partial charge in [-0.25, -0.2) is 13.6 Å². The highest BCUT2D eigenvalue weighted by Gasteiger charge is 2.11. The number of halogens is 2. The van der Waals surface area contributed by atoms with E-state index >= 15 is 0 Å². The first kappa shape index (κ1) is 12.0. The Kier molecular flexibility index (Phi) is 3.22. The zero-order chi connectivity index (χ0) is 13.1. The van der Waals surface area contributed by atoms with Gasteiger partial charge in [0.1, 0.15) is 12.4 Å². The van der Waals surface area contributed by atoms with E-state index in [1.807, 2.05) is 0 Å². The van der Waals surface area contributed by atoms with E-state index in [2.05, 4.69) is 9.68 Å². The zero-order valence-electron chi connectivity index (χ0n) is 8.89. The fraction of sp³-hybridized carbons (Fsp3) is 0.0909. The van der Waals surface area contributed by atoms with Crippen molar-refractivity contribution < 1.29 is 27.9 Å². The number of benzene rings is 1. The molecule has 0 aliphatic rings. The molecule has 0 radical (unpaired) electrons. The number of rotatable bonds is 4. The lowest BCUT2D eigenvalue weighted by molar-refractivity contribution is 0.0685. The van der Waals surface area contributed by atoms with Crippen LogP contribution >= 0.6 is 0 Å². The molecule has 0 aliphatic carbocycles. The van der Waals surface area contributed by atoms with E-state index in [0.29, 0.717) is 0 Å². The Morgan fingerprint density at radius 2 is 2.11 bits per heavy atom. The smallest absolute Gasteiger partial charge is 0.358 e. The van der Waals surface area contributed by atoms with E-state index < -0.39 is 17.6 Å². The van der Waals surface area contributed by atoms with Gasteiger partial charge in [0, 0.05) is 12.1 Å². The summed E-state index contributed by atoms with van der Waals surface area (Å²) in [5.74, 6) is -2.97. The molecule has 2 rings (SSSR count). The zero-order valence-corrected chi connectivity index (χ0v) is 8.89. The molecule has 2 aromatic rings. The molecule has 0 spiro atoms. The lowest BCUT2D eigenvalue weighted by atomic mass is 10.3. The molecule has 1 aromatic heterocycles. The highest BCUT2D eigenvalue weighted by Crippen LogP contribution is 2.17. The van der Waals surface area contributed by atoms with Crippen LogP contribution in [-0.4, -0.2) is 16.2 Å². The third kappa shape index (κ3) is 2.62. The molecule has 18 heavy (non-hydrogen) atoms. The number of nitrogens with zero attached hydrogens (tertiary/aromatic N) is 1. The lowest BCUT2D eigenvalue weighted by Gasteiger charge is -2.03. The Morgan fingerprint density at radius 3 is 2.72 bits per heavy atom. The van der Waals surface area contributed by atoms with E-state index in [4.69, 9.17) is 9.84 Å². The maximum atomic E-state index is 12.8. The molecule has 0 fully saturated rings. The molecule has 0 aliphatic heterocycles.